The lowest BCUT2D eigenvalue weighted by Gasteiger charge is -2.32. The van der Waals surface area contributed by atoms with Gasteiger partial charge in [-0.25, -0.2) is 4.79 Å². The van der Waals surface area contributed by atoms with Gasteiger partial charge >= 0.3 is 6.09 Å². The van der Waals surface area contributed by atoms with Crippen LogP contribution in [-0.4, -0.2) is 58.7 Å². The molecule has 0 spiro atoms. The van der Waals surface area contributed by atoms with Crippen molar-refractivity contribution < 1.29 is 19.1 Å². The molecule has 32 heavy (non-hydrogen) atoms. The van der Waals surface area contributed by atoms with Crippen LogP contribution in [-0.2, 0) is 9.53 Å². The summed E-state index contributed by atoms with van der Waals surface area (Å²) in [5.41, 5.74) is 1.05. The number of carbonyl (C=O) groups is 3. The maximum atomic E-state index is 12.6. The highest BCUT2D eigenvalue weighted by molar-refractivity contribution is 5.94. The van der Waals surface area contributed by atoms with Gasteiger partial charge in [-0.1, -0.05) is 0 Å². The summed E-state index contributed by atoms with van der Waals surface area (Å²) in [5.74, 6) is -0.109. The maximum Gasteiger partial charge on any atom is 0.407 e. The average Bonchev–Trinajstić information content (AvgIpc) is 3.28. The lowest BCUT2D eigenvalue weighted by atomic mass is 10.0. The zero-order chi connectivity index (χ0) is 23.1. The molecule has 8 nitrogen and oxygen atoms in total. The molecule has 1 aliphatic rings. The summed E-state index contributed by atoms with van der Waals surface area (Å²) in [6, 6.07) is 11.4. The zero-order valence-corrected chi connectivity index (χ0v) is 19.0. The minimum absolute atomic E-state index is 0.00793. The second kappa shape index (κ2) is 10.3. The van der Waals surface area contributed by atoms with Gasteiger partial charge in [0.25, 0.3) is 5.91 Å². The summed E-state index contributed by atoms with van der Waals surface area (Å²) in [5, 5.41) is 5.68. The van der Waals surface area contributed by atoms with Crippen molar-refractivity contribution >= 4 is 17.9 Å². The highest BCUT2D eigenvalue weighted by Gasteiger charge is 2.24. The summed E-state index contributed by atoms with van der Waals surface area (Å²) in [6.45, 7) is 6.79. The number of ether oxygens (including phenoxy) is 1. The summed E-state index contributed by atoms with van der Waals surface area (Å²) in [7, 11) is 0. The topological polar surface area (TPSA) is 92.7 Å². The van der Waals surface area contributed by atoms with Crippen LogP contribution in [0, 0.1) is 0 Å². The molecule has 2 heterocycles. The lowest BCUT2D eigenvalue weighted by Crippen LogP contribution is -2.47. The molecule has 0 aliphatic carbocycles. The Morgan fingerprint density at radius 1 is 1.03 bits per heavy atom. The highest BCUT2D eigenvalue weighted by atomic mass is 16.6. The van der Waals surface area contributed by atoms with E-state index >= 15 is 0 Å². The molecule has 1 aromatic heterocycles. The summed E-state index contributed by atoms with van der Waals surface area (Å²) < 4.78 is 7.14. The first kappa shape index (κ1) is 23.4. The van der Waals surface area contributed by atoms with E-state index in [0.717, 1.165) is 5.69 Å². The lowest BCUT2D eigenvalue weighted by molar-refractivity contribution is -0.132. The Balaban J connectivity index is 1.38. The molecule has 0 unspecified atom stereocenters. The van der Waals surface area contributed by atoms with Crippen molar-refractivity contribution in [1.29, 1.82) is 0 Å². The number of nitrogens with zero attached hydrogens (tertiary/aromatic N) is 2. The van der Waals surface area contributed by atoms with Gasteiger partial charge < -0.3 is 24.8 Å². The average molecular weight is 441 g/mol. The van der Waals surface area contributed by atoms with Crippen LogP contribution >= 0.6 is 0 Å². The second-order valence-corrected chi connectivity index (χ2v) is 8.94. The number of likely N-dealkylation sites (tertiary alicyclic amines) is 1. The minimum Gasteiger partial charge on any atom is -0.444 e. The Bertz CT molecular complexity index is 908. The van der Waals surface area contributed by atoms with Gasteiger partial charge in [-0.3, -0.25) is 9.59 Å². The number of nitrogens with one attached hydrogen (secondary N) is 2. The Morgan fingerprint density at radius 2 is 1.66 bits per heavy atom. The fourth-order valence-corrected chi connectivity index (χ4v) is 3.58. The normalized spacial score (nSPS) is 14.7. The molecular formula is C24H32N4O4. The van der Waals surface area contributed by atoms with Crippen molar-refractivity contribution in [2.45, 2.75) is 51.7 Å². The van der Waals surface area contributed by atoms with Crippen molar-refractivity contribution in [3.63, 3.8) is 0 Å². The van der Waals surface area contributed by atoms with Gasteiger partial charge in [0.15, 0.2) is 0 Å². The molecule has 2 N–H and O–H groups in total. The Hall–Kier alpha value is -3.29. The summed E-state index contributed by atoms with van der Waals surface area (Å²) in [6.07, 6.45) is 5.03. The Morgan fingerprint density at radius 3 is 2.25 bits per heavy atom. The van der Waals surface area contributed by atoms with E-state index in [4.69, 9.17) is 4.74 Å². The van der Waals surface area contributed by atoms with E-state index in [1.54, 1.807) is 25.7 Å². The predicted molar refractivity (Wildman–Crippen MR) is 122 cm³/mol. The molecule has 1 aliphatic heterocycles. The zero-order valence-electron chi connectivity index (χ0n) is 19.0. The van der Waals surface area contributed by atoms with Crippen LogP contribution in [0.25, 0.3) is 5.69 Å². The molecule has 1 fully saturated rings. The van der Waals surface area contributed by atoms with Gasteiger partial charge in [-0.15, -0.1) is 0 Å². The van der Waals surface area contributed by atoms with Crippen LogP contribution in [0.2, 0.25) is 0 Å². The van der Waals surface area contributed by atoms with Gasteiger partial charge in [0.05, 0.1) is 0 Å². The number of rotatable bonds is 6. The molecule has 1 aromatic carbocycles. The molecule has 8 heteroatoms. The van der Waals surface area contributed by atoms with E-state index in [1.165, 1.54) is 0 Å². The Labute approximate surface area is 188 Å². The number of benzene rings is 1. The second-order valence-electron chi connectivity index (χ2n) is 8.94. The van der Waals surface area contributed by atoms with E-state index < -0.39 is 11.7 Å². The highest BCUT2D eigenvalue weighted by Crippen LogP contribution is 2.14. The van der Waals surface area contributed by atoms with Crippen LogP contribution in [0.4, 0.5) is 4.79 Å². The summed E-state index contributed by atoms with van der Waals surface area (Å²) >= 11 is 0. The van der Waals surface area contributed by atoms with Crippen molar-refractivity contribution in [2.24, 2.45) is 0 Å². The van der Waals surface area contributed by atoms with Crippen LogP contribution in [0.1, 0.15) is 50.4 Å². The fraction of sp³-hybridized carbons (Fsp3) is 0.458. The smallest absolute Gasteiger partial charge is 0.407 e. The monoisotopic (exact) mass is 440 g/mol. The molecule has 0 radical (unpaired) electrons. The number of hydrogen-bond acceptors (Lipinski definition) is 4. The van der Waals surface area contributed by atoms with Crippen LogP contribution in [0.15, 0.2) is 48.8 Å². The van der Waals surface area contributed by atoms with Gasteiger partial charge in [0.1, 0.15) is 5.60 Å². The van der Waals surface area contributed by atoms with Crippen molar-refractivity contribution in [3.8, 4) is 5.69 Å². The third kappa shape index (κ3) is 6.87. The standard InChI is InChI=1S/C24H32N4O4/c1-24(2,3)32-23(31)25-13-10-21(29)28-16-11-19(12-17-28)26-22(30)18-6-8-20(9-7-18)27-14-4-5-15-27/h4-9,14-15,19H,10-13,16-17H2,1-3H3,(H,25,31)(H,26,30). The molecule has 2 aromatic rings. The number of amides is 3. The molecule has 172 valence electrons. The van der Waals surface area contributed by atoms with Gasteiger partial charge in [-0.05, 0) is 70.0 Å². The third-order valence-corrected chi connectivity index (χ3v) is 5.22. The first-order valence-electron chi connectivity index (χ1n) is 11.0. The number of alkyl carbamates (subject to hydrolysis) is 1. The van der Waals surface area contributed by atoms with E-state index in [9.17, 15) is 14.4 Å². The number of aromatic nitrogens is 1. The fourth-order valence-electron chi connectivity index (χ4n) is 3.58. The summed E-state index contributed by atoms with van der Waals surface area (Å²) in [4.78, 5) is 38.4. The van der Waals surface area contributed by atoms with Crippen molar-refractivity contribution in [3.05, 3.63) is 54.4 Å². The number of hydrogen-bond donors (Lipinski definition) is 2. The number of piperidine rings is 1. The van der Waals surface area contributed by atoms with E-state index in [0.29, 0.717) is 31.5 Å². The van der Waals surface area contributed by atoms with Crippen LogP contribution in [0.3, 0.4) is 0 Å². The van der Waals surface area contributed by atoms with E-state index in [2.05, 4.69) is 10.6 Å². The van der Waals surface area contributed by atoms with Crippen LogP contribution < -0.4 is 10.6 Å². The molecule has 1 saturated heterocycles. The van der Waals surface area contributed by atoms with Gasteiger partial charge in [-0.2, -0.15) is 0 Å². The van der Waals surface area contributed by atoms with Gasteiger partial charge in [0, 0.05) is 55.7 Å². The van der Waals surface area contributed by atoms with Crippen molar-refractivity contribution in [1.82, 2.24) is 20.1 Å². The molecule has 0 atom stereocenters. The number of carbonyl (C=O) groups excluding carboxylic acids is 3. The van der Waals surface area contributed by atoms with Gasteiger partial charge in [0.2, 0.25) is 5.91 Å². The minimum atomic E-state index is -0.564. The van der Waals surface area contributed by atoms with E-state index in [-0.39, 0.29) is 30.8 Å². The quantitative estimate of drug-likeness (QED) is 0.722. The first-order chi connectivity index (χ1) is 15.2. The van der Waals surface area contributed by atoms with Crippen LogP contribution in [0.5, 0.6) is 0 Å². The largest absolute Gasteiger partial charge is 0.444 e. The first-order valence-corrected chi connectivity index (χ1v) is 11.0. The molecule has 0 bridgehead atoms. The maximum absolute atomic E-state index is 12.6. The SMILES string of the molecule is CC(C)(C)OC(=O)NCCC(=O)N1CCC(NC(=O)c2ccc(-n3cccc3)cc2)CC1. The predicted octanol–water partition coefficient (Wildman–Crippen LogP) is 3.11. The van der Waals surface area contributed by atoms with Crippen molar-refractivity contribution in [2.75, 3.05) is 19.6 Å². The van der Waals surface area contributed by atoms with E-state index in [1.807, 2.05) is 53.4 Å². The molecular weight excluding hydrogens is 408 g/mol. The Kier molecular flexibility index (Phi) is 7.56. The molecule has 3 rings (SSSR count). The molecule has 0 saturated carbocycles. The molecule has 3 amide bonds. The third-order valence-electron chi connectivity index (χ3n) is 5.22.